The molecule has 0 saturated carbocycles. The Hall–Kier alpha value is -3.85. The van der Waals surface area contributed by atoms with Crippen molar-refractivity contribution in [3.8, 4) is 11.5 Å². The lowest BCUT2D eigenvalue weighted by Gasteiger charge is -2.22. The van der Waals surface area contributed by atoms with E-state index in [1.807, 2.05) is 18.2 Å². The van der Waals surface area contributed by atoms with Crippen molar-refractivity contribution >= 4 is 33.3 Å². The normalized spacial score (nSPS) is 10.8. The molecule has 0 saturated heterocycles. The molecule has 0 atom stereocenters. The van der Waals surface area contributed by atoms with Gasteiger partial charge in [0, 0.05) is 5.69 Å². The first-order valence-electron chi connectivity index (χ1n) is 10.1. The summed E-state index contributed by atoms with van der Waals surface area (Å²) in [5.41, 5.74) is 1.10. The van der Waals surface area contributed by atoms with E-state index in [-0.39, 0.29) is 6.61 Å². The molecule has 3 aromatic rings. The summed E-state index contributed by atoms with van der Waals surface area (Å²) in [4.78, 5) is 24.3. The van der Waals surface area contributed by atoms with Crippen LogP contribution < -0.4 is 14.4 Å². The molecule has 172 valence electrons. The number of hydrogen-bond acceptors (Lipinski definition) is 6. The SMILES string of the molecule is CCOC(=O)c1ccc(NC(=O)CN(c2ccc(Oc3ccccc3)cc2)S(C)(=O)=O)cc1. The van der Waals surface area contributed by atoms with Gasteiger partial charge in [0.25, 0.3) is 0 Å². The fraction of sp³-hybridized carbons (Fsp3) is 0.167. The number of sulfonamides is 1. The van der Waals surface area contributed by atoms with Gasteiger partial charge in [-0.25, -0.2) is 13.2 Å². The number of ether oxygens (including phenoxy) is 2. The van der Waals surface area contributed by atoms with Gasteiger partial charge in [0.05, 0.1) is 24.1 Å². The van der Waals surface area contributed by atoms with Crippen LogP contribution in [0.3, 0.4) is 0 Å². The second kappa shape index (κ2) is 10.6. The van der Waals surface area contributed by atoms with Gasteiger partial charge in [0.15, 0.2) is 0 Å². The summed E-state index contributed by atoms with van der Waals surface area (Å²) in [5.74, 6) is 0.190. The topological polar surface area (TPSA) is 102 Å². The number of hydrogen-bond donors (Lipinski definition) is 1. The van der Waals surface area contributed by atoms with E-state index >= 15 is 0 Å². The quantitative estimate of drug-likeness (QED) is 0.475. The predicted octanol–water partition coefficient (Wildman–Crippen LogP) is 4.06. The third-order valence-corrected chi connectivity index (χ3v) is 5.61. The summed E-state index contributed by atoms with van der Waals surface area (Å²) < 4.78 is 36.3. The maximum absolute atomic E-state index is 12.5. The molecule has 1 N–H and O–H groups in total. The van der Waals surface area contributed by atoms with Crippen LogP contribution >= 0.6 is 0 Å². The largest absolute Gasteiger partial charge is 0.462 e. The predicted molar refractivity (Wildman–Crippen MR) is 126 cm³/mol. The van der Waals surface area contributed by atoms with E-state index in [0.717, 1.165) is 10.6 Å². The van der Waals surface area contributed by atoms with E-state index in [1.165, 1.54) is 12.1 Å². The molecule has 0 aromatic heterocycles. The van der Waals surface area contributed by atoms with Gasteiger partial charge in [-0.05, 0) is 67.6 Å². The Morgan fingerprint density at radius 3 is 2.06 bits per heavy atom. The number of anilines is 2. The van der Waals surface area contributed by atoms with Crippen molar-refractivity contribution in [3.05, 3.63) is 84.4 Å². The van der Waals surface area contributed by atoms with Crippen LogP contribution in [0, 0.1) is 0 Å². The van der Waals surface area contributed by atoms with Crippen molar-refractivity contribution in [2.45, 2.75) is 6.92 Å². The van der Waals surface area contributed by atoms with E-state index in [4.69, 9.17) is 9.47 Å². The smallest absolute Gasteiger partial charge is 0.338 e. The van der Waals surface area contributed by atoms with Gasteiger partial charge in [-0.15, -0.1) is 0 Å². The van der Waals surface area contributed by atoms with E-state index < -0.39 is 28.4 Å². The third-order valence-electron chi connectivity index (χ3n) is 4.47. The molecular formula is C24H24N2O6S. The van der Waals surface area contributed by atoms with E-state index in [9.17, 15) is 18.0 Å². The van der Waals surface area contributed by atoms with Gasteiger partial charge in [0.1, 0.15) is 18.0 Å². The minimum atomic E-state index is -3.73. The molecule has 0 spiro atoms. The zero-order valence-electron chi connectivity index (χ0n) is 18.2. The summed E-state index contributed by atoms with van der Waals surface area (Å²) in [7, 11) is -3.73. The Kier molecular flexibility index (Phi) is 7.68. The summed E-state index contributed by atoms with van der Waals surface area (Å²) in [6, 6.07) is 21.7. The monoisotopic (exact) mass is 468 g/mol. The first kappa shape index (κ1) is 23.8. The van der Waals surface area contributed by atoms with Gasteiger partial charge in [0.2, 0.25) is 15.9 Å². The Bertz CT molecular complexity index is 1190. The van der Waals surface area contributed by atoms with E-state index in [2.05, 4.69) is 5.32 Å². The van der Waals surface area contributed by atoms with Crippen molar-refractivity contribution in [2.75, 3.05) is 29.0 Å². The Balaban J connectivity index is 1.68. The van der Waals surface area contributed by atoms with Crippen LogP contribution in [0.15, 0.2) is 78.9 Å². The molecule has 0 aliphatic rings. The number of nitrogens with zero attached hydrogens (tertiary/aromatic N) is 1. The summed E-state index contributed by atoms with van der Waals surface area (Å²) >= 11 is 0. The first-order valence-corrected chi connectivity index (χ1v) is 12.0. The number of carbonyl (C=O) groups excluding carboxylic acids is 2. The zero-order valence-corrected chi connectivity index (χ0v) is 19.0. The average molecular weight is 469 g/mol. The fourth-order valence-corrected chi connectivity index (χ4v) is 3.80. The lowest BCUT2D eigenvalue weighted by molar-refractivity contribution is -0.114. The molecule has 3 rings (SSSR count). The van der Waals surface area contributed by atoms with Crippen LogP contribution in [0.5, 0.6) is 11.5 Å². The zero-order chi connectivity index (χ0) is 23.8. The molecule has 0 heterocycles. The highest BCUT2D eigenvalue weighted by Crippen LogP contribution is 2.25. The Morgan fingerprint density at radius 1 is 0.879 bits per heavy atom. The first-order chi connectivity index (χ1) is 15.8. The van der Waals surface area contributed by atoms with Crippen LogP contribution in [-0.4, -0.2) is 39.7 Å². The maximum atomic E-state index is 12.5. The number of carbonyl (C=O) groups is 2. The van der Waals surface area contributed by atoms with Gasteiger partial charge in [-0.2, -0.15) is 0 Å². The van der Waals surface area contributed by atoms with Crippen molar-refractivity contribution in [1.82, 2.24) is 0 Å². The number of para-hydroxylation sites is 1. The number of nitrogens with one attached hydrogen (secondary N) is 1. The standard InChI is InChI=1S/C24H24N2O6S/c1-3-31-24(28)18-9-11-19(12-10-18)25-23(27)17-26(33(2,29)30)20-13-15-22(16-14-20)32-21-7-5-4-6-8-21/h4-16H,3,17H2,1-2H3,(H,25,27). The van der Waals surface area contributed by atoms with Gasteiger partial charge < -0.3 is 14.8 Å². The molecule has 0 aliphatic carbocycles. The molecule has 0 aliphatic heterocycles. The molecule has 0 fully saturated rings. The number of esters is 1. The van der Waals surface area contributed by atoms with Crippen LogP contribution in [0.1, 0.15) is 17.3 Å². The van der Waals surface area contributed by atoms with E-state index in [1.54, 1.807) is 55.5 Å². The summed E-state index contributed by atoms with van der Waals surface area (Å²) in [6.45, 7) is 1.55. The second-order valence-corrected chi connectivity index (χ2v) is 8.93. The van der Waals surface area contributed by atoms with Crippen LogP contribution in [-0.2, 0) is 19.6 Å². The molecule has 3 aromatic carbocycles. The highest BCUT2D eigenvalue weighted by Gasteiger charge is 2.21. The van der Waals surface area contributed by atoms with E-state index in [0.29, 0.717) is 28.4 Å². The number of rotatable bonds is 9. The second-order valence-electron chi connectivity index (χ2n) is 7.02. The van der Waals surface area contributed by atoms with Crippen LogP contribution in [0.25, 0.3) is 0 Å². The molecule has 33 heavy (non-hydrogen) atoms. The highest BCUT2D eigenvalue weighted by atomic mass is 32.2. The van der Waals surface area contributed by atoms with Crippen molar-refractivity contribution in [3.63, 3.8) is 0 Å². The van der Waals surface area contributed by atoms with Gasteiger partial charge in [-0.3, -0.25) is 9.10 Å². The minimum absolute atomic E-state index is 0.262. The number of benzene rings is 3. The molecule has 1 amide bonds. The van der Waals surface area contributed by atoms with Crippen LogP contribution in [0.2, 0.25) is 0 Å². The van der Waals surface area contributed by atoms with Crippen molar-refractivity contribution < 1.29 is 27.5 Å². The average Bonchev–Trinajstić information content (AvgIpc) is 2.79. The molecule has 0 bridgehead atoms. The van der Waals surface area contributed by atoms with Gasteiger partial charge in [-0.1, -0.05) is 18.2 Å². The van der Waals surface area contributed by atoms with Gasteiger partial charge >= 0.3 is 5.97 Å². The fourth-order valence-electron chi connectivity index (χ4n) is 2.94. The minimum Gasteiger partial charge on any atom is -0.462 e. The van der Waals surface area contributed by atoms with Crippen LogP contribution in [0.4, 0.5) is 11.4 Å². The van der Waals surface area contributed by atoms with Crippen molar-refractivity contribution in [2.24, 2.45) is 0 Å². The Morgan fingerprint density at radius 2 is 1.48 bits per heavy atom. The maximum Gasteiger partial charge on any atom is 0.338 e. The third kappa shape index (κ3) is 6.81. The Labute approximate surface area is 192 Å². The molecule has 9 heteroatoms. The molecule has 0 radical (unpaired) electrons. The van der Waals surface area contributed by atoms with Crippen molar-refractivity contribution in [1.29, 1.82) is 0 Å². The lowest BCUT2D eigenvalue weighted by Crippen LogP contribution is -2.37. The highest BCUT2D eigenvalue weighted by molar-refractivity contribution is 7.92. The molecular weight excluding hydrogens is 444 g/mol. The molecule has 0 unspecified atom stereocenters. The molecule has 8 nitrogen and oxygen atoms in total. The number of amides is 1. The summed E-state index contributed by atoms with van der Waals surface area (Å²) in [6.07, 6.45) is 1.03. The lowest BCUT2D eigenvalue weighted by atomic mass is 10.2. The summed E-state index contributed by atoms with van der Waals surface area (Å²) in [5, 5.41) is 2.63.